The van der Waals surface area contributed by atoms with Gasteiger partial charge in [-0.3, -0.25) is 4.79 Å². The van der Waals surface area contributed by atoms with Crippen molar-refractivity contribution < 1.29 is 19.8 Å². The molecule has 148 valence electrons. The molecule has 3 rings (SSSR count). The summed E-state index contributed by atoms with van der Waals surface area (Å²) < 4.78 is 1.80. The first-order valence-electron chi connectivity index (χ1n) is 8.98. The normalized spacial score (nSPS) is 15.4. The maximum atomic E-state index is 11.7. The number of nitrogens with one attached hydrogen (secondary N) is 1. The number of hydrogen-bond donors (Lipinski definition) is 3. The molecule has 1 heterocycles. The van der Waals surface area contributed by atoms with E-state index in [0.29, 0.717) is 18.2 Å². The number of aliphatic carboxylic acids is 2. The number of carboxylic acid groups (broad SMARTS) is 2. The summed E-state index contributed by atoms with van der Waals surface area (Å²) in [7, 11) is 1.88. The Morgan fingerprint density at radius 2 is 1.75 bits per heavy atom. The van der Waals surface area contributed by atoms with Crippen LogP contribution in [0, 0.1) is 0 Å². The second-order valence-electron chi connectivity index (χ2n) is 6.45. The highest BCUT2D eigenvalue weighted by molar-refractivity contribution is 5.89. The van der Waals surface area contributed by atoms with Crippen LogP contribution in [0.2, 0.25) is 0 Å². The molecule has 0 saturated carbocycles. The minimum absolute atomic E-state index is 0.0902. The van der Waals surface area contributed by atoms with E-state index in [-0.39, 0.29) is 5.56 Å². The smallest absolute Gasteiger partial charge is 0.328 e. The van der Waals surface area contributed by atoms with Crippen LogP contribution in [0.25, 0.3) is 0 Å². The van der Waals surface area contributed by atoms with Gasteiger partial charge in [0.25, 0.3) is 0 Å². The summed E-state index contributed by atoms with van der Waals surface area (Å²) in [6.07, 6.45) is 4.39. The molecular weight excluding hydrogens is 360 g/mol. The molecule has 2 aromatic rings. The van der Waals surface area contributed by atoms with Crippen molar-refractivity contribution in [1.82, 2.24) is 9.88 Å². The van der Waals surface area contributed by atoms with Gasteiger partial charge in [-0.2, -0.15) is 0 Å². The van der Waals surface area contributed by atoms with E-state index in [4.69, 9.17) is 10.2 Å². The fourth-order valence-corrected chi connectivity index (χ4v) is 3.15. The molecule has 0 fully saturated rings. The van der Waals surface area contributed by atoms with Crippen LogP contribution in [0.5, 0.6) is 0 Å². The van der Waals surface area contributed by atoms with E-state index in [1.54, 1.807) is 10.6 Å². The number of aromatic nitrogens is 1. The summed E-state index contributed by atoms with van der Waals surface area (Å²) in [6, 6.07) is 14.5. The van der Waals surface area contributed by atoms with Crippen LogP contribution >= 0.6 is 0 Å². The molecule has 3 N–H and O–H groups in total. The molecule has 1 aromatic carbocycles. The zero-order valence-electron chi connectivity index (χ0n) is 15.7. The minimum Gasteiger partial charge on any atom is -0.478 e. The number of carbonyl (C=O) groups is 2. The van der Waals surface area contributed by atoms with Gasteiger partial charge in [0.15, 0.2) is 0 Å². The lowest BCUT2D eigenvalue weighted by Crippen LogP contribution is -2.30. The average Bonchev–Trinajstić information content (AvgIpc) is 2.69. The zero-order valence-corrected chi connectivity index (χ0v) is 15.7. The summed E-state index contributed by atoms with van der Waals surface area (Å²) >= 11 is 0. The Bertz CT molecular complexity index is 887. The quantitative estimate of drug-likeness (QED) is 0.683. The van der Waals surface area contributed by atoms with Crippen molar-refractivity contribution in [3.8, 4) is 0 Å². The second-order valence-corrected chi connectivity index (χ2v) is 6.45. The van der Waals surface area contributed by atoms with Gasteiger partial charge in [-0.25, -0.2) is 9.59 Å². The van der Waals surface area contributed by atoms with Crippen LogP contribution in [0.15, 0.2) is 59.4 Å². The molecule has 0 spiro atoms. The van der Waals surface area contributed by atoms with E-state index in [1.807, 2.05) is 19.2 Å². The number of fused-ring (bicyclic) bond motifs is 1. The number of carboxylic acids is 2. The molecule has 1 aliphatic carbocycles. The SMILES string of the molecule is Cn1c2c(ccc1=O)C(NCc1ccccc1)CCC2.O=C(O)/C=C/C(=O)O. The third kappa shape index (κ3) is 6.21. The van der Waals surface area contributed by atoms with Gasteiger partial charge in [0.2, 0.25) is 5.56 Å². The zero-order chi connectivity index (χ0) is 20.5. The van der Waals surface area contributed by atoms with Gasteiger partial charge in [-0.1, -0.05) is 36.4 Å². The molecular formula is C21H24N2O5. The van der Waals surface area contributed by atoms with E-state index in [1.165, 1.54) is 16.8 Å². The highest BCUT2D eigenvalue weighted by Crippen LogP contribution is 2.28. The highest BCUT2D eigenvalue weighted by Gasteiger charge is 2.21. The lowest BCUT2D eigenvalue weighted by Gasteiger charge is -2.27. The number of hydrogen-bond acceptors (Lipinski definition) is 4. The van der Waals surface area contributed by atoms with Crippen LogP contribution in [0.3, 0.4) is 0 Å². The predicted octanol–water partition coefficient (Wildman–Crippen LogP) is 2.26. The summed E-state index contributed by atoms with van der Waals surface area (Å²) in [5.41, 5.74) is 3.86. The number of rotatable bonds is 5. The number of benzene rings is 1. The largest absolute Gasteiger partial charge is 0.478 e. The van der Waals surface area contributed by atoms with Crippen molar-refractivity contribution in [3.05, 3.63) is 81.8 Å². The van der Waals surface area contributed by atoms with Crippen molar-refractivity contribution in [2.45, 2.75) is 31.8 Å². The predicted molar refractivity (Wildman–Crippen MR) is 105 cm³/mol. The van der Waals surface area contributed by atoms with Gasteiger partial charge in [-0.15, -0.1) is 0 Å². The summed E-state index contributed by atoms with van der Waals surface area (Å²) in [5, 5.41) is 19.2. The topological polar surface area (TPSA) is 109 Å². The monoisotopic (exact) mass is 384 g/mol. The molecule has 1 aromatic heterocycles. The van der Waals surface area contributed by atoms with Gasteiger partial charge in [0.05, 0.1) is 0 Å². The van der Waals surface area contributed by atoms with Crippen LogP contribution in [-0.2, 0) is 29.6 Å². The number of nitrogens with zero attached hydrogens (tertiary/aromatic N) is 1. The average molecular weight is 384 g/mol. The third-order valence-corrected chi connectivity index (χ3v) is 4.52. The van der Waals surface area contributed by atoms with Gasteiger partial charge >= 0.3 is 11.9 Å². The van der Waals surface area contributed by atoms with Crippen molar-refractivity contribution in [3.63, 3.8) is 0 Å². The lowest BCUT2D eigenvalue weighted by molar-refractivity contribution is -0.134. The molecule has 0 radical (unpaired) electrons. The molecule has 1 atom stereocenters. The van der Waals surface area contributed by atoms with E-state index < -0.39 is 11.9 Å². The first kappa shape index (κ1) is 21.1. The minimum atomic E-state index is -1.26. The van der Waals surface area contributed by atoms with E-state index in [0.717, 1.165) is 25.8 Å². The van der Waals surface area contributed by atoms with Gasteiger partial charge in [-0.05, 0) is 30.4 Å². The maximum Gasteiger partial charge on any atom is 0.328 e. The fourth-order valence-electron chi connectivity index (χ4n) is 3.15. The Labute approximate surface area is 163 Å². The van der Waals surface area contributed by atoms with Gasteiger partial charge < -0.3 is 20.1 Å². The first-order chi connectivity index (χ1) is 13.4. The molecule has 0 aliphatic heterocycles. The van der Waals surface area contributed by atoms with E-state index in [2.05, 4.69) is 29.6 Å². The van der Waals surface area contributed by atoms with Crippen LogP contribution < -0.4 is 10.9 Å². The van der Waals surface area contributed by atoms with Gasteiger partial charge in [0, 0.05) is 43.5 Å². The summed E-state index contributed by atoms with van der Waals surface area (Å²) in [6.45, 7) is 0.869. The fraction of sp³-hybridized carbons (Fsp3) is 0.286. The van der Waals surface area contributed by atoms with Crippen LogP contribution in [0.4, 0.5) is 0 Å². The Balaban J connectivity index is 0.000000300. The Hall–Kier alpha value is -3.19. The van der Waals surface area contributed by atoms with Crippen molar-refractivity contribution >= 4 is 11.9 Å². The Morgan fingerprint density at radius 1 is 1.11 bits per heavy atom. The molecule has 0 amide bonds. The maximum absolute atomic E-state index is 11.7. The molecule has 0 saturated heterocycles. The molecule has 1 unspecified atom stereocenters. The molecule has 7 heteroatoms. The van der Waals surface area contributed by atoms with Crippen LogP contribution in [0.1, 0.15) is 35.7 Å². The first-order valence-corrected chi connectivity index (χ1v) is 8.98. The van der Waals surface area contributed by atoms with Gasteiger partial charge in [0.1, 0.15) is 0 Å². The standard InChI is InChI=1S/C17H20N2O.C4H4O4/c1-19-16-9-5-8-15(14(16)10-11-17(19)20)18-12-13-6-3-2-4-7-13;5-3(6)1-2-4(7)8/h2-4,6-7,10-11,15,18H,5,8-9,12H2,1H3;1-2H,(H,5,6)(H,7,8)/b;2-1+. The second kappa shape index (κ2) is 10.2. The molecule has 1 aliphatic rings. The summed E-state index contributed by atoms with van der Waals surface area (Å²) in [4.78, 5) is 30.8. The Morgan fingerprint density at radius 3 is 2.36 bits per heavy atom. The van der Waals surface area contributed by atoms with Crippen molar-refractivity contribution in [2.75, 3.05) is 0 Å². The van der Waals surface area contributed by atoms with Crippen LogP contribution in [-0.4, -0.2) is 26.7 Å². The number of pyridine rings is 1. The van der Waals surface area contributed by atoms with Crippen molar-refractivity contribution in [1.29, 1.82) is 0 Å². The molecule has 0 bridgehead atoms. The van der Waals surface area contributed by atoms with E-state index in [9.17, 15) is 14.4 Å². The molecule has 7 nitrogen and oxygen atoms in total. The van der Waals surface area contributed by atoms with Crippen molar-refractivity contribution in [2.24, 2.45) is 7.05 Å². The lowest BCUT2D eigenvalue weighted by atomic mass is 9.91. The van der Waals surface area contributed by atoms with E-state index >= 15 is 0 Å². The third-order valence-electron chi connectivity index (χ3n) is 4.52. The Kier molecular flexibility index (Phi) is 7.71. The molecule has 28 heavy (non-hydrogen) atoms. The highest BCUT2D eigenvalue weighted by atomic mass is 16.4. The summed E-state index contributed by atoms with van der Waals surface area (Å²) in [5.74, 6) is -2.51.